The van der Waals surface area contributed by atoms with Gasteiger partial charge in [-0.1, -0.05) is 0 Å². The Balaban J connectivity index is 0.000000246. The number of esters is 1. The van der Waals surface area contributed by atoms with E-state index in [0.717, 1.165) is 13.1 Å². The van der Waals surface area contributed by atoms with Gasteiger partial charge in [-0.25, -0.2) is 9.59 Å². The third kappa shape index (κ3) is 4.19. The molecule has 8 nitrogen and oxygen atoms in total. The van der Waals surface area contributed by atoms with Gasteiger partial charge in [0.05, 0.1) is 19.3 Å². The van der Waals surface area contributed by atoms with Crippen LogP contribution < -0.4 is 5.32 Å². The number of nitrogens with zero attached hydrogens (tertiary/aromatic N) is 3. The van der Waals surface area contributed by atoms with E-state index in [4.69, 9.17) is 9.90 Å². The van der Waals surface area contributed by atoms with Crippen molar-refractivity contribution in [2.45, 2.75) is 12.2 Å². The number of aromatic nitrogens is 3. The molecule has 2 N–H and O–H groups in total. The van der Waals surface area contributed by atoms with Crippen LogP contribution in [0.4, 0.5) is 13.2 Å². The highest BCUT2D eigenvalue weighted by atomic mass is 19.4. The molecule has 1 aliphatic rings. The maximum absolute atomic E-state index is 11.0. The van der Waals surface area contributed by atoms with Crippen molar-refractivity contribution >= 4 is 11.9 Å². The molecule has 0 saturated carbocycles. The van der Waals surface area contributed by atoms with Gasteiger partial charge in [-0.3, -0.25) is 0 Å². The van der Waals surface area contributed by atoms with E-state index >= 15 is 0 Å². The lowest BCUT2D eigenvalue weighted by molar-refractivity contribution is -0.192. The summed E-state index contributed by atoms with van der Waals surface area (Å²) in [7, 11) is 1.33. The Morgan fingerprint density at radius 2 is 2.05 bits per heavy atom. The monoisotopic (exact) mass is 296 g/mol. The summed E-state index contributed by atoms with van der Waals surface area (Å²) in [6.45, 7) is 1.71. The first-order chi connectivity index (χ1) is 9.25. The van der Waals surface area contributed by atoms with Gasteiger partial charge in [0.1, 0.15) is 0 Å². The fourth-order valence-corrected chi connectivity index (χ4v) is 1.09. The van der Waals surface area contributed by atoms with Crippen molar-refractivity contribution in [3.05, 3.63) is 11.9 Å². The van der Waals surface area contributed by atoms with E-state index in [9.17, 15) is 18.0 Å². The highest BCUT2D eigenvalue weighted by Crippen LogP contribution is 2.13. The summed E-state index contributed by atoms with van der Waals surface area (Å²) in [5, 5.41) is 18.2. The Kier molecular flexibility index (Phi) is 5.02. The number of carboxylic acid groups (broad SMARTS) is 1. The summed E-state index contributed by atoms with van der Waals surface area (Å²) in [5.41, 5.74) is 0.259. The van der Waals surface area contributed by atoms with E-state index in [-0.39, 0.29) is 11.7 Å². The largest absolute Gasteiger partial charge is 0.490 e. The Bertz CT molecular complexity index is 484. The van der Waals surface area contributed by atoms with Crippen LogP contribution >= 0.6 is 0 Å². The Morgan fingerprint density at radius 1 is 1.50 bits per heavy atom. The zero-order valence-corrected chi connectivity index (χ0v) is 10.2. The van der Waals surface area contributed by atoms with Gasteiger partial charge in [0.25, 0.3) is 0 Å². The molecule has 20 heavy (non-hydrogen) atoms. The van der Waals surface area contributed by atoms with E-state index in [1.54, 1.807) is 4.80 Å². The lowest BCUT2D eigenvalue weighted by Crippen LogP contribution is -2.44. The molecule has 0 aromatic carbocycles. The van der Waals surface area contributed by atoms with Crippen molar-refractivity contribution in [2.24, 2.45) is 0 Å². The molecule has 0 unspecified atom stereocenters. The molecular formula is C9H11F3N4O4. The summed E-state index contributed by atoms with van der Waals surface area (Å²) in [4.78, 5) is 21.4. The second-order valence-corrected chi connectivity index (χ2v) is 3.66. The van der Waals surface area contributed by atoms with E-state index in [2.05, 4.69) is 20.3 Å². The summed E-state index contributed by atoms with van der Waals surface area (Å²) >= 11 is 0. The van der Waals surface area contributed by atoms with Crippen LogP contribution in [0.2, 0.25) is 0 Å². The van der Waals surface area contributed by atoms with Crippen molar-refractivity contribution in [2.75, 3.05) is 20.2 Å². The summed E-state index contributed by atoms with van der Waals surface area (Å²) < 4.78 is 36.2. The molecule has 0 spiro atoms. The van der Waals surface area contributed by atoms with Gasteiger partial charge >= 0.3 is 18.1 Å². The number of nitrogens with one attached hydrogen (secondary N) is 1. The van der Waals surface area contributed by atoms with Crippen LogP contribution in [-0.2, 0) is 9.53 Å². The van der Waals surface area contributed by atoms with Crippen molar-refractivity contribution in [1.29, 1.82) is 0 Å². The minimum absolute atomic E-state index is 0.259. The van der Waals surface area contributed by atoms with Gasteiger partial charge in [-0.05, 0) is 0 Å². The molecule has 2 heterocycles. The number of carbonyl (C=O) groups excluding carboxylic acids is 1. The molecule has 1 fully saturated rings. The third-order valence-electron chi connectivity index (χ3n) is 2.23. The standard InChI is InChI=1S/C7H10N4O2.C2HF3O2/c1-13-7(12)6-4-9-11(10-6)5-2-8-3-5;3-2(4,5)1(6)7/h4-5,8H,2-3H2,1H3;(H,6,7). The topological polar surface area (TPSA) is 106 Å². The van der Waals surface area contributed by atoms with Crippen LogP contribution in [0.25, 0.3) is 0 Å². The molecule has 1 saturated heterocycles. The van der Waals surface area contributed by atoms with Crippen molar-refractivity contribution in [3.8, 4) is 0 Å². The fraction of sp³-hybridized carbons (Fsp3) is 0.556. The van der Waals surface area contributed by atoms with E-state index in [1.165, 1.54) is 13.3 Å². The lowest BCUT2D eigenvalue weighted by Gasteiger charge is -2.25. The molecule has 0 atom stereocenters. The smallest absolute Gasteiger partial charge is 0.475 e. The number of hydrogen-bond donors (Lipinski definition) is 2. The fourth-order valence-electron chi connectivity index (χ4n) is 1.09. The zero-order chi connectivity index (χ0) is 15.3. The number of methoxy groups -OCH3 is 1. The van der Waals surface area contributed by atoms with Crippen molar-refractivity contribution < 1.29 is 32.6 Å². The molecule has 0 radical (unpaired) electrons. The Labute approximate surface area is 110 Å². The molecule has 1 aromatic rings. The number of ether oxygens (including phenoxy) is 1. The van der Waals surface area contributed by atoms with Gasteiger partial charge in [0, 0.05) is 13.1 Å². The molecule has 1 aromatic heterocycles. The second-order valence-electron chi connectivity index (χ2n) is 3.66. The maximum atomic E-state index is 11.0. The summed E-state index contributed by atoms with van der Waals surface area (Å²) in [6, 6.07) is 0.276. The average molecular weight is 296 g/mol. The first kappa shape index (κ1) is 15.9. The SMILES string of the molecule is COC(=O)c1cnn(C2CNC2)n1.O=C(O)C(F)(F)F. The van der Waals surface area contributed by atoms with Crippen LogP contribution in [0.1, 0.15) is 16.5 Å². The molecule has 1 aliphatic heterocycles. The first-order valence-corrected chi connectivity index (χ1v) is 5.26. The summed E-state index contributed by atoms with van der Waals surface area (Å²) in [6.07, 6.45) is -3.66. The minimum Gasteiger partial charge on any atom is -0.475 e. The van der Waals surface area contributed by atoms with Gasteiger partial charge in [-0.2, -0.15) is 23.1 Å². The highest BCUT2D eigenvalue weighted by molar-refractivity contribution is 5.86. The van der Waals surface area contributed by atoms with E-state index in [0.29, 0.717) is 0 Å². The predicted octanol–water partition coefficient (Wildman–Crippen LogP) is -0.158. The van der Waals surface area contributed by atoms with Gasteiger partial charge in [0.15, 0.2) is 5.69 Å². The second kappa shape index (κ2) is 6.32. The number of alkyl halides is 3. The van der Waals surface area contributed by atoms with Crippen LogP contribution in [0.5, 0.6) is 0 Å². The van der Waals surface area contributed by atoms with Crippen LogP contribution in [0.3, 0.4) is 0 Å². The minimum atomic E-state index is -5.08. The van der Waals surface area contributed by atoms with Gasteiger partial charge in [0.2, 0.25) is 0 Å². The number of aliphatic carboxylic acids is 1. The molecule has 2 rings (SSSR count). The number of halogens is 3. The van der Waals surface area contributed by atoms with Crippen LogP contribution in [-0.4, -0.2) is 58.4 Å². The molecule has 112 valence electrons. The van der Waals surface area contributed by atoms with Crippen LogP contribution in [0.15, 0.2) is 6.20 Å². The molecule has 0 bridgehead atoms. The molecular weight excluding hydrogens is 285 g/mol. The predicted molar refractivity (Wildman–Crippen MR) is 57.0 cm³/mol. The van der Waals surface area contributed by atoms with Crippen molar-refractivity contribution in [3.63, 3.8) is 0 Å². The van der Waals surface area contributed by atoms with Crippen molar-refractivity contribution in [1.82, 2.24) is 20.3 Å². The average Bonchev–Trinajstić information content (AvgIpc) is 2.74. The molecule has 11 heteroatoms. The van der Waals surface area contributed by atoms with E-state index < -0.39 is 18.1 Å². The molecule has 0 amide bonds. The van der Waals surface area contributed by atoms with Gasteiger partial charge < -0.3 is 15.2 Å². The number of hydrogen-bond acceptors (Lipinski definition) is 6. The van der Waals surface area contributed by atoms with Gasteiger partial charge in [-0.15, -0.1) is 5.10 Å². The highest BCUT2D eigenvalue weighted by Gasteiger charge is 2.38. The first-order valence-electron chi connectivity index (χ1n) is 5.26. The quantitative estimate of drug-likeness (QED) is 0.730. The third-order valence-corrected chi connectivity index (χ3v) is 2.23. The van der Waals surface area contributed by atoms with Crippen LogP contribution in [0, 0.1) is 0 Å². The van der Waals surface area contributed by atoms with E-state index in [1.807, 2.05) is 0 Å². The lowest BCUT2D eigenvalue weighted by atomic mass is 10.2. The number of carbonyl (C=O) groups is 2. The number of rotatable bonds is 2. The number of carboxylic acids is 1. The Hall–Kier alpha value is -2.17. The molecule has 0 aliphatic carbocycles. The maximum Gasteiger partial charge on any atom is 0.490 e. The normalized spacial score (nSPS) is 14.8. The zero-order valence-electron chi connectivity index (χ0n) is 10.2. The summed E-state index contributed by atoms with van der Waals surface area (Å²) in [5.74, 6) is -3.20. The Morgan fingerprint density at radius 3 is 2.40 bits per heavy atom.